The molecular weight excluding hydrogens is 216 g/mol. The van der Waals surface area contributed by atoms with Crippen molar-refractivity contribution in [1.82, 2.24) is 4.90 Å². The van der Waals surface area contributed by atoms with Crippen LogP contribution in [-0.4, -0.2) is 42.2 Å². The fourth-order valence-electron chi connectivity index (χ4n) is 2.10. The molecule has 0 aromatic heterocycles. The van der Waals surface area contributed by atoms with E-state index in [1.807, 2.05) is 12.1 Å². The average molecular weight is 234 g/mol. The largest absolute Gasteiger partial charge is 0.478 e. The third kappa shape index (κ3) is 3.46. The van der Waals surface area contributed by atoms with E-state index in [4.69, 9.17) is 5.11 Å². The van der Waals surface area contributed by atoms with Gasteiger partial charge in [-0.2, -0.15) is 0 Å². The number of carboxylic acid groups (broad SMARTS) is 1. The molecule has 0 unspecified atom stereocenters. The van der Waals surface area contributed by atoms with Crippen LogP contribution >= 0.6 is 0 Å². The molecule has 92 valence electrons. The second kappa shape index (κ2) is 5.68. The molecule has 1 aromatic rings. The number of hydrogen-bond acceptors (Lipinski definition) is 3. The third-order valence-electron chi connectivity index (χ3n) is 3.09. The number of carbonyl (C=O) groups is 1. The summed E-state index contributed by atoms with van der Waals surface area (Å²) in [5, 5.41) is 12.1. The van der Waals surface area contributed by atoms with Gasteiger partial charge in [0.1, 0.15) is 0 Å². The number of carboxylic acids is 1. The number of benzene rings is 1. The fourth-order valence-corrected chi connectivity index (χ4v) is 2.10. The summed E-state index contributed by atoms with van der Waals surface area (Å²) in [4.78, 5) is 13.1. The molecule has 0 spiro atoms. The van der Waals surface area contributed by atoms with Crippen LogP contribution in [0.4, 0.5) is 5.69 Å². The molecule has 0 bridgehead atoms. The molecule has 4 nitrogen and oxygen atoms in total. The molecule has 0 amide bonds. The first kappa shape index (κ1) is 11.9. The van der Waals surface area contributed by atoms with E-state index in [9.17, 15) is 4.79 Å². The van der Waals surface area contributed by atoms with Crippen LogP contribution in [0, 0.1) is 0 Å². The molecule has 1 aromatic carbocycles. The van der Waals surface area contributed by atoms with E-state index in [0.29, 0.717) is 5.56 Å². The van der Waals surface area contributed by atoms with Gasteiger partial charge in [0.05, 0.1) is 5.56 Å². The highest BCUT2D eigenvalue weighted by molar-refractivity contribution is 5.87. The Balaban J connectivity index is 1.76. The molecule has 0 radical (unpaired) electrons. The van der Waals surface area contributed by atoms with Crippen LogP contribution in [-0.2, 0) is 0 Å². The summed E-state index contributed by atoms with van der Waals surface area (Å²) in [6, 6.07) is 6.88. The van der Waals surface area contributed by atoms with E-state index in [-0.39, 0.29) is 0 Å². The summed E-state index contributed by atoms with van der Waals surface area (Å²) in [5.41, 5.74) is 1.31. The summed E-state index contributed by atoms with van der Waals surface area (Å²) in [6.07, 6.45) is 2.63. The minimum atomic E-state index is -0.881. The zero-order valence-corrected chi connectivity index (χ0v) is 9.85. The van der Waals surface area contributed by atoms with Crippen molar-refractivity contribution in [3.63, 3.8) is 0 Å². The fraction of sp³-hybridized carbons (Fsp3) is 0.462. The van der Waals surface area contributed by atoms with Crippen molar-refractivity contribution in [2.75, 3.05) is 31.5 Å². The first-order chi connectivity index (χ1) is 8.25. The van der Waals surface area contributed by atoms with Crippen LogP contribution < -0.4 is 5.32 Å². The molecule has 1 saturated heterocycles. The van der Waals surface area contributed by atoms with E-state index >= 15 is 0 Å². The van der Waals surface area contributed by atoms with Gasteiger partial charge < -0.3 is 15.3 Å². The van der Waals surface area contributed by atoms with E-state index in [1.165, 1.54) is 25.9 Å². The lowest BCUT2D eigenvalue weighted by molar-refractivity contribution is 0.0697. The lowest BCUT2D eigenvalue weighted by atomic mass is 10.2. The van der Waals surface area contributed by atoms with Crippen LogP contribution in [0.1, 0.15) is 23.2 Å². The molecule has 1 fully saturated rings. The van der Waals surface area contributed by atoms with Crippen molar-refractivity contribution in [1.29, 1.82) is 0 Å². The SMILES string of the molecule is O=C(O)c1ccc(NCCN2CCCC2)cc1. The Morgan fingerprint density at radius 2 is 1.88 bits per heavy atom. The topological polar surface area (TPSA) is 52.6 Å². The van der Waals surface area contributed by atoms with Gasteiger partial charge in [-0.15, -0.1) is 0 Å². The van der Waals surface area contributed by atoms with Gasteiger partial charge >= 0.3 is 5.97 Å². The van der Waals surface area contributed by atoms with Gasteiger partial charge in [-0.1, -0.05) is 0 Å². The Morgan fingerprint density at radius 3 is 2.47 bits per heavy atom. The van der Waals surface area contributed by atoms with Crippen LogP contribution in [0.25, 0.3) is 0 Å². The quantitative estimate of drug-likeness (QED) is 0.817. The molecule has 17 heavy (non-hydrogen) atoms. The van der Waals surface area contributed by atoms with Gasteiger partial charge in [-0.3, -0.25) is 0 Å². The monoisotopic (exact) mass is 234 g/mol. The number of rotatable bonds is 5. The highest BCUT2D eigenvalue weighted by atomic mass is 16.4. The van der Waals surface area contributed by atoms with Crippen molar-refractivity contribution in [3.05, 3.63) is 29.8 Å². The van der Waals surface area contributed by atoms with Gasteiger partial charge in [-0.05, 0) is 50.2 Å². The van der Waals surface area contributed by atoms with Crippen LogP contribution in [0.15, 0.2) is 24.3 Å². The minimum Gasteiger partial charge on any atom is -0.478 e. The summed E-state index contributed by atoms with van der Waals surface area (Å²) in [5.74, 6) is -0.881. The number of nitrogens with one attached hydrogen (secondary N) is 1. The van der Waals surface area contributed by atoms with Crippen molar-refractivity contribution in [2.45, 2.75) is 12.8 Å². The predicted octanol–water partition coefficient (Wildman–Crippen LogP) is 1.89. The Hall–Kier alpha value is -1.55. The predicted molar refractivity (Wildman–Crippen MR) is 67.6 cm³/mol. The van der Waals surface area contributed by atoms with Gasteiger partial charge in [0.15, 0.2) is 0 Å². The van der Waals surface area contributed by atoms with Crippen molar-refractivity contribution in [3.8, 4) is 0 Å². The minimum absolute atomic E-state index is 0.329. The summed E-state index contributed by atoms with van der Waals surface area (Å²) in [7, 11) is 0. The maximum Gasteiger partial charge on any atom is 0.335 e. The number of aromatic carboxylic acids is 1. The Morgan fingerprint density at radius 1 is 1.24 bits per heavy atom. The Labute approximate surface area is 101 Å². The lowest BCUT2D eigenvalue weighted by Crippen LogP contribution is -2.25. The van der Waals surface area contributed by atoms with Gasteiger partial charge in [0, 0.05) is 18.8 Å². The van der Waals surface area contributed by atoms with E-state index < -0.39 is 5.97 Å². The normalized spacial score (nSPS) is 16.0. The third-order valence-corrected chi connectivity index (χ3v) is 3.09. The molecule has 4 heteroatoms. The Bertz CT molecular complexity index is 370. The van der Waals surface area contributed by atoms with Crippen LogP contribution in [0.3, 0.4) is 0 Å². The molecule has 1 aliphatic rings. The second-order valence-corrected chi connectivity index (χ2v) is 4.36. The lowest BCUT2D eigenvalue weighted by Gasteiger charge is -2.15. The van der Waals surface area contributed by atoms with Crippen molar-refractivity contribution >= 4 is 11.7 Å². The van der Waals surface area contributed by atoms with Crippen molar-refractivity contribution in [2.24, 2.45) is 0 Å². The molecule has 0 aliphatic carbocycles. The van der Waals surface area contributed by atoms with E-state index in [1.54, 1.807) is 12.1 Å². The number of nitrogens with zero attached hydrogens (tertiary/aromatic N) is 1. The molecule has 2 N–H and O–H groups in total. The molecule has 2 rings (SSSR count). The Kier molecular flexibility index (Phi) is 3.98. The zero-order valence-electron chi connectivity index (χ0n) is 9.85. The van der Waals surface area contributed by atoms with Crippen LogP contribution in [0.2, 0.25) is 0 Å². The summed E-state index contributed by atoms with van der Waals surface area (Å²) >= 11 is 0. The molecule has 1 heterocycles. The zero-order chi connectivity index (χ0) is 12.1. The highest BCUT2D eigenvalue weighted by Gasteiger charge is 2.10. The van der Waals surface area contributed by atoms with Crippen molar-refractivity contribution < 1.29 is 9.90 Å². The number of anilines is 1. The maximum atomic E-state index is 10.7. The maximum absolute atomic E-state index is 10.7. The van der Waals surface area contributed by atoms with E-state index in [0.717, 1.165) is 18.8 Å². The second-order valence-electron chi connectivity index (χ2n) is 4.36. The standard InChI is InChI=1S/C13H18N2O2/c16-13(17)11-3-5-12(6-4-11)14-7-10-15-8-1-2-9-15/h3-6,14H,1-2,7-10H2,(H,16,17). The molecule has 0 saturated carbocycles. The number of likely N-dealkylation sites (tertiary alicyclic amines) is 1. The van der Waals surface area contributed by atoms with Gasteiger partial charge in [0.25, 0.3) is 0 Å². The summed E-state index contributed by atoms with van der Waals surface area (Å²) in [6.45, 7) is 4.38. The van der Waals surface area contributed by atoms with Gasteiger partial charge in [-0.25, -0.2) is 4.79 Å². The van der Waals surface area contributed by atoms with Gasteiger partial charge in [0.2, 0.25) is 0 Å². The van der Waals surface area contributed by atoms with Crippen LogP contribution in [0.5, 0.6) is 0 Å². The average Bonchev–Trinajstić information content (AvgIpc) is 2.83. The summed E-state index contributed by atoms with van der Waals surface area (Å²) < 4.78 is 0. The molecule has 0 atom stereocenters. The first-order valence-electron chi connectivity index (χ1n) is 6.05. The smallest absolute Gasteiger partial charge is 0.335 e. The molecular formula is C13H18N2O2. The number of hydrogen-bond donors (Lipinski definition) is 2. The van der Waals surface area contributed by atoms with E-state index in [2.05, 4.69) is 10.2 Å². The first-order valence-corrected chi connectivity index (χ1v) is 6.05. The highest BCUT2D eigenvalue weighted by Crippen LogP contribution is 2.10. The molecule has 1 aliphatic heterocycles.